The van der Waals surface area contributed by atoms with Crippen LogP contribution in [0.1, 0.15) is 32.4 Å². The van der Waals surface area contributed by atoms with E-state index in [4.69, 9.17) is 16.3 Å². The molecule has 7 heteroatoms. The summed E-state index contributed by atoms with van der Waals surface area (Å²) >= 11 is 5.91. The van der Waals surface area contributed by atoms with Gasteiger partial charge in [0, 0.05) is 28.3 Å². The van der Waals surface area contributed by atoms with Crippen molar-refractivity contribution in [2.45, 2.75) is 6.10 Å². The number of carbonyl (C=O) groups is 2. The lowest BCUT2D eigenvalue weighted by atomic mass is 9.99. The molecule has 0 spiro atoms. The predicted molar refractivity (Wildman–Crippen MR) is 103 cm³/mol. The third kappa shape index (κ3) is 4.42. The number of carbonyl (C=O) groups excluding carboxylic acids is 2. The van der Waals surface area contributed by atoms with Gasteiger partial charge in [0.2, 0.25) is 5.78 Å². The van der Waals surface area contributed by atoms with Crippen molar-refractivity contribution < 1.29 is 19.2 Å². The van der Waals surface area contributed by atoms with Crippen LogP contribution in [0.3, 0.4) is 0 Å². The normalized spacial score (nSPS) is 11.5. The highest BCUT2D eigenvalue weighted by Gasteiger charge is 2.27. The Kier molecular flexibility index (Phi) is 5.81. The van der Waals surface area contributed by atoms with E-state index < -0.39 is 22.8 Å². The maximum absolute atomic E-state index is 13.0. The van der Waals surface area contributed by atoms with Crippen molar-refractivity contribution in [2.75, 3.05) is 0 Å². The molecule has 0 unspecified atom stereocenters. The van der Waals surface area contributed by atoms with Crippen LogP contribution in [0.2, 0.25) is 5.02 Å². The second-order valence-corrected chi connectivity index (χ2v) is 6.31. The number of nitro benzene ring substituents is 1. The van der Waals surface area contributed by atoms with Crippen LogP contribution in [0.5, 0.6) is 0 Å². The molecule has 3 aromatic carbocycles. The van der Waals surface area contributed by atoms with Crippen LogP contribution in [0.15, 0.2) is 78.9 Å². The quantitative estimate of drug-likeness (QED) is 0.253. The van der Waals surface area contributed by atoms with Crippen LogP contribution in [0.25, 0.3) is 0 Å². The molecule has 0 aliphatic rings. The molecule has 3 aromatic rings. The van der Waals surface area contributed by atoms with Gasteiger partial charge in [-0.25, -0.2) is 4.79 Å². The summed E-state index contributed by atoms with van der Waals surface area (Å²) in [5, 5.41) is 11.2. The Bertz CT molecular complexity index is 1020. The van der Waals surface area contributed by atoms with E-state index in [2.05, 4.69) is 0 Å². The lowest BCUT2D eigenvalue weighted by molar-refractivity contribution is -0.384. The Morgan fingerprint density at radius 1 is 0.893 bits per heavy atom. The Balaban J connectivity index is 1.95. The molecule has 0 bridgehead atoms. The topological polar surface area (TPSA) is 86.5 Å². The van der Waals surface area contributed by atoms with Crippen LogP contribution in [0.4, 0.5) is 5.69 Å². The first kappa shape index (κ1) is 19.3. The first-order chi connectivity index (χ1) is 13.5. The van der Waals surface area contributed by atoms with Gasteiger partial charge in [-0.3, -0.25) is 14.9 Å². The van der Waals surface area contributed by atoms with Crippen LogP contribution in [-0.2, 0) is 4.74 Å². The summed E-state index contributed by atoms with van der Waals surface area (Å²) in [6.45, 7) is 0. The summed E-state index contributed by atoms with van der Waals surface area (Å²) < 4.78 is 5.48. The molecule has 0 radical (unpaired) electrons. The van der Waals surface area contributed by atoms with Crippen molar-refractivity contribution in [3.63, 3.8) is 0 Å². The van der Waals surface area contributed by atoms with E-state index in [9.17, 15) is 19.7 Å². The highest BCUT2D eigenvalue weighted by Crippen LogP contribution is 2.26. The minimum absolute atomic E-state index is 0.129. The maximum Gasteiger partial charge on any atom is 0.339 e. The van der Waals surface area contributed by atoms with Crippen molar-refractivity contribution in [1.29, 1.82) is 0 Å². The van der Waals surface area contributed by atoms with Gasteiger partial charge in [-0.15, -0.1) is 0 Å². The van der Waals surface area contributed by atoms with E-state index in [0.717, 1.165) is 0 Å². The Hall–Kier alpha value is -3.51. The molecule has 0 N–H and O–H groups in total. The molecule has 3 rings (SSSR count). The standard InChI is InChI=1S/C21H14ClNO5/c22-17-8-4-7-16(13-17)21(25)28-20(19(24)14-5-2-1-3-6-14)15-9-11-18(12-10-15)23(26)27/h1-13,20H/t20-/m0/s1. The predicted octanol–water partition coefficient (Wildman–Crippen LogP) is 5.03. The summed E-state index contributed by atoms with van der Waals surface area (Å²) in [5.41, 5.74) is 0.746. The SMILES string of the molecule is O=C(O[C@H](C(=O)c1ccccc1)c1ccc([N+](=O)[O-])cc1)c1cccc(Cl)c1. The van der Waals surface area contributed by atoms with Gasteiger partial charge in [-0.05, 0) is 30.3 Å². The lowest BCUT2D eigenvalue weighted by Gasteiger charge is -2.17. The number of hydrogen-bond acceptors (Lipinski definition) is 5. The van der Waals surface area contributed by atoms with Gasteiger partial charge in [0.25, 0.3) is 5.69 Å². The van der Waals surface area contributed by atoms with Gasteiger partial charge in [-0.1, -0.05) is 48.0 Å². The molecule has 0 aliphatic heterocycles. The largest absolute Gasteiger partial charge is 0.445 e. The summed E-state index contributed by atoms with van der Waals surface area (Å²) in [4.78, 5) is 35.8. The lowest BCUT2D eigenvalue weighted by Crippen LogP contribution is -2.20. The number of ether oxygens (including phenoxy) is 1. The van der Waals surface area contributed by atoms with Crippen molar-refractivity contribution in [3.8, 4) is 0 Å². The van der Waals surface area contributed by atoms with Gasteiger partial charge in [0.15, 0.2) is 6.10 Å². The summed E-state index contributed by atoms with van der Waals surface area (Å²) in [5.74, 6) is -1.17. The fraction of sp³-hybridized carbons (Fsp3) is 0.0476. The zero-order valence-corrected chi connectivity index (χ0v) is 15.2. The zero-order valence-electron chi connectivity index (χ0n) is 14.4. The molecule has 0 aromatic heterocycles. The van der Waals surface area contributed by atoms with Gasteiger partial charge in [0.05, 0.1) is 10.5 Å². The van der Waals surface area contributed by atoms with Crippen LogP contribution >= 0.6 is 11.6 Å². The molecule has 6 nitrogen and oxygen atoms in total. The number of non-ortho nitro benzene ring substituents is 1. The van der Waals surface area contributed by atoms with E-state index >= 15 is 0 Å². The van der Waals surface area contributed by atoms with Crippen LogP contribution in [0, 0.1) is 10.1 Å². The third-order valence-electron chi connectivity index (χ3n) is 3.99. The highest BCUT2D eigenvalue weighted by molar-refractivity contribution is 6.30. The Morgan fingerprint density at radius 2 is 1.54 bits per heavy atom. The van der Waals surface area contributed by atoms with Crippen LogP contribution < -0.4 is 0 Å². The number of rotatable bonds is 6. The second-order valence-electron chi connectivity index (χ2n) is 5.87. The minimum Gasteiger partial charge on any atom is -0.445 e. The fourth-order valence-corrected chi connectivity index (χ4v) is 2.78. The van der Waals surface area contributed by atoms with E-state index in [1.807, 2.05) is 0 Å². The molecule has 28 heavy (non-hydrogen) atoms. The molecule has 1 atom stereocenters. The molecule has 0 fully saturated rings. The summed E-state index contributed by atoms with van der Waals surface area (Å²) in [7, 11) is 0. The molecule has 0 heterocycles. The van der Waals surface area contributed by atoms with Crippen molar-refractivity contribution in [3.05, 3.63) is 111 Å². The van der Waals surface area contributed by atoms with Crippen molar-refractivity contribution in [1.82, 2.24) is 0 Å². The average molecular weight is 396 g/mol. The third-order valence-corrected chi connectivity index (χ3v) is 4.22. The number of Topliss-reactive ketones (excluding diaryl/α,β-unsaturated/α-hetero) is 1. The number of hydrogen-bond donors (Lipinski definition) is 0. The Labute approximate surface area is 165 Å². The maximum atomic E-state index is 13.0. The Morgan fingerprint density at radius 3 is 2.14 bits per heavy atom. The molecule has 0 amide bonds. The van der Waals surface area contributed by atoms with Gasteiger partial charge >= 0.3 is 5.97 Å². The van der Waals surface area contributed by atoms with Crippen molar-refractivity contribution in [2.24, 2.45) is 0 Å². The highest BCUT2D eigenvalue weighted by atomic mass is 35.5. The van der Waals surface area contributed by atoms with Gasteiger partial charge in [0.1, 0.15) is 0 Å². The van der Waals surface area contributed by atoms with Crippen molar-refractivity contribution >= 4 is 29.0 Å². The summed E-state index contributed by atoms with van der Waals surface area (Å²) in [6.07, 6.45) is -1.25. The van der Waals surface area contributed by atoms with Crippen LogP contribution in [-0.4, -0.2) is 16.7 Å². The molecular weight excluding hydrogens is 382 g/mol. The second kappa shape index (κ2) is 8.45. The smallest absolute Gasteiger partial charge is 0.339 e. The van der Waals surface area contributed by atoms with E-state index in [-0.39, 0.29) is 11.3 Å². The minimum atomic E-state index is -1.25. The fourth-order valence-electron chi connectivity index (χ4n) is 2.59. The number of halogens is 1. The van der Waals surface area contributed by atoms with E-state index in [1.54, 1.807) is 42.5 Å². The summed E-state index contributed by atoms with van der Waals surface area (Å²) in [6, 6.07) is 19.8. The molecule has 140 valence electrons. The van der Waals surface area contributed by atoms with E-state index in [1.165, 1.54) is 36.4 Å². The van der Waals surface area contributed by atoms with E-state index in [0.29, 0.717) is 16.1 Å². The monoisotopic (exact) mass is 395 g/mol. The van der Waals surface area contributed by atoms with Gasteiger partial charge < -0.3 is 4.74 Å². The number of nitro groups is 1. The number of nitrogens with zero attached hydrogens (tertiary/aromatic N) is 1. The number of ketones is 1. The zero-order chi connectivity index (χ0) is 20.1. The first-order valence-electron chi connectivity index (χ1n) is 8.26. The molecule has 0 aliphatic carbocycles. The first-order valence-corrected chi connectivity index (χ1v) is 8.63. The van der Waals surface area contributed by atoms with Gasteiger partial charge in [-0.2, -0.15) is 0 Å². The number of esters is 1. The number of benzene rings is 3. The molecule has 0 saturated carbocycles. The average Bonchev–Trinajstić information content (AvgIpc) is 2.72. The molecule has 0 saturated heterocycles. The molecular formula is C21H14ClNO5.